The molecule has 106 valence electrons. The van der Waals surface area contributed by atoms with Crippen LogP contribution in [0, 0.1) is 5.82 Å². The molecule has 0 aliphatic heterocycles. The van der Waals surface area contributed by atoms with E-state index in [4.69, 9.17) is 9.47 Å². The number of ether oxygens (including phenoxy) is 2. The van der Waals surface area contributed by atoms with Gasteiger partial charge in [-0.25, -0.2) is 4.39 Å². The molecule has 0 aliphatic rings. The number of hydrogen-bond donors (Lipinski definition) is 1. The van der Waals surface area contributed by atoms with Gasteiger partial charge in [0.1, 0.15) is 5.82 Å². The predicted molar refractivity (Wildman–Crippen MR) is 75.5 cm³/mol. The maximum atomic E-state index is 14.0. The highest BCUT2D eigenvalue weighted by Crippen LogP contribution is 2.36. The summed E-state index contributed by atoms with van der Waals surface area (Å²) >= 11 is 0. The standard InChI is InChI=1S/C15H17FN2O2/c1-17-8-10-6-14(19-2)15(20-3)7-12(10)11-4-5-18-9-13(11)16/h4-7,9,17H,8H2,1-3H3. The van der Waals surface area contributed by atoms with Crippen molar-refractivity contribution in [3.8, 4) is 22.6 Å². The van der Waals surface area contributed by atoms with Crippen LogP contribution >= 0.6 is 0 Å². The molecule has 4 nitrogen and oxygen atoms in total. The summed E-state index contributed by atoms with van der Waals surface area (Å²) < 4.78 is 24.5. The summed E-state index contributed by atoms with van der Waals surface area (Å²) in [4.78, 5) is 3.78. The third-order valence-corrected chi connectivity index (χ3v) is 3.04. The van der Waals surface area contributed by atoms with Crippen molar-refractivity contribution in [1.82, 2.24) is 10.3 Å². The fraction of sp³-hybridized carbons (Fsp3) is 0.267. The second-order valence-electron chi connectivity index (χ2n) is 4.25. The Balaban J connectivity index is 2.64. The number of nitrogens with one attached hydrogen (secondary N) is 1. The molecule has 2 aromatic rings. The van der Waals surface area contributed by atoms with Crippen molar-refractivity contribution in [2.45, 2.75) is 6.54 Å². The number of aromatic nitrogens is 1. The van der Waals surface area contributed by atoms with Crippen molar-refractivity contribution < 1.29 is 13.9 Å². The van der Waals surface area contributed by atoms with Crippen LogP contribution in [0.4, 0.5) is 4.39 Å². The first-order valence-corrected chi connectivity index (χ1v) is 6.20. The lowest BCUT2D eigenvalue weighted by molar-refractivity contribution is 0.354. The molecule has 0 bridgehead atoms. The first-order valence-electron chi connectivity index (χ1n) is 6.20. The fourth-order valence-electron chi connectivity index (χ4n) is 2.10. The third-order valence-electron chi connectivity index (χ3n) is 3.04. The van der Waals surface area contributed by atoms with Gasteiger partial charge in [0.05, 0.1) is 20.4 Å². The molecular weight excluding hydrogens is 259 g/mol. The van der Waals surface area contributed by atoms with Crippen molar-refractivity contribution in [2.75, 3.05) is 21.3 Å². The van der Waals surface area contributed by atoms with Gasteiger partial charge < -0.3 is 14.8 Å². The predicted octanol–water partition coefficient (Wildman–Crippen LogP) is 2.62. The third kappa shape index (κ3) is 2.72. The van der Waals surface area contributed by atoms with E-state index in [0.717, 1.165) is 11.1 Å². The zero-order valence-corrected chi connectivity index (χ0v) is 11.7. The van der Waals surface area contributed by atoms with E-state index in [-0.39, 0.29) is 5.82 Å². The second kappa shape index (κ2) is 6.34. The number of benzene rings is 1. The molecule has 0 spiro atoms. The van der Waals surface area contributed by atoms with Crippen LogP contribution in [0.3, 0.4) is 0 Å². The van der Waals surface area contributed by atoms with Crippen molar-refractivity contribution in [3.63, 3.8) is 0 Å². The minimum atomic E-state index is -0.364. The van der Waals surface area contributed by atoms with Crippen LogP contribution in [-0.4, -0.2) is 26.3 Å². The molecule has 0 aliphatic carbocycles. The highest BCUT2D eigenvalue weighted by atomic mass is 19.1. The molecule has 0 radical (unpaired) electrons. The van der Waals surface area contributed by atoms with E-state index >= 15 is 0 Å². The minimum absolute atomic E-state index is 0.364. The Morgan fingerprint density at radius 3 is 2.45 bits per heavy atom. The second-order valence-corrected chi connectivity index (χ2v) is 4.25. The smallest absolute Gasteiger partial charge is 0.161 e. The van der Waals surface area contributed by atoms with Crippen LogP contribution in [0.1, 0.15) is 5.56 Å². The van der Waals surface area contributed by atoms with Gasteiger partial charge in [-0.2, -0.15) is 0 Å². The zero-order chi connectivity index (χ0) is 14.5. The topological polar surface area (TPSA) is 43.4 Å². The molecule has 1 heterocycles. The van der Waals surface area contributed by atoms with Crippen molar-refractivity contribution >= 4 is 0 Å². The number of halogens is 1. The quantitative estimate of drug-likeness (QED) is 0.911. The van der Waals surface area contributed by atoms with Crippen LogP contribution in [0.15, 0.2) is 30.6 Å². The molecule has 0 unspecified atom stereocenters. The molecule has 0 amide bonds. The van der Waals surface area contributed by atoms with E-state index in [0.29, 0.717) is 23.6 Å². The molecule has 0 atom stereocenters. The van der Waals surface area contributed by atoms with Crippen LogP contribution in [0.25, 0.3) is 11.1 Å². The maximum absolute atomic E-state index is 14.0. The average Bonchev–Trinajstić information content (AvgIpc) is 2.48. The Hall–Kier alpha value is -2.14. The Morgan fingerprint density at radius 1 is 1.15 bits per heavy atom. The normalized spacial score (nSPS) is 10.4. The van der Waals surface area contributed by atoms with Crippen molar-refractivity contribution in [1.29, 1.82) is 0 Å². The molecule has 1 aromatic heterocycles. The Labute approximate surface area is 117 Å². The van der Waals surface area contributed by atoms with Crippen LogP contribution < -0.4 is 14.8 Å². The van der Waals surface area contributed by atoms with Gasteiger partial charge in [0, 0.05) is 18.3 Å². The SMILES string of the molecule is CNCc1cc(OC)c(OC)cc1-c1ccncc1F. The number of rotatable bonds is 5. The molecule has 2 rings (SSSR count). The highest BCUT2D eigenvalue weighted by molar-refractivity contribution is 5.71. The van der Waals surface area contributed by atoms with Gasteiger partial charge in [-0.15, -0.1) is 0 Å². The average molecular weight is 276 g/mol. The molecule has 0 saturated heterocycles. The van der Waals surface area contributed by atoms with Gasteiger partial charge in [-0.1, -0.05) is 0 Å². The van der Waals surface area contributed by atoms with Crippen LogP contribution in [0.2, 0.25) is 0 Å². The maximum Gasteiger partial charge on any atom is 0.161 e. The van der Waals surface area contributed by atoms with E-state index in [9.17, 15) is 4.39 Å². The lowest BCUT2D eigenvalue weighted by Crippen LogP contribution is -2.07. The van der Waals surface area contributed by atoms with Crippen molar-refractivity contribution in [3.05, 3.63) is 42.0 Å². The molecule has 5 heteroatoms. The van der Waals surface area contributed by atoms with Crippen molar-refractivity contribution in [2.24, 2.45) is 0 Å². The van der Waals surface area contributed by atoms with Gasteiger partial charge in [0.2, 0.25) is 0 Å². The molecule has 0 saturated carbocycles. The largest absolute Gasteiger partial charge is 0.493 e. The van der Waals surface area contributed by atoms with E-state index in [1.165, 1.54) is 6.20 Å². The first-order chi connectivity index (χ1) is 9.71. The number of nitrogens with zero attached hydrogens (tertiary/aromatic N) is 1. The summed E-state index contributed by atoms with van der Waals surface area (Å²) in [6, 6.07) is 5.28. The summed E-state index contributed by atoms with van der Waals surface area (Å²) in [5, 5.41) is 3.07. The monoisotopic (exact) mass is 276 g/mol. The Morgan fingerprint density at radius 2 is 1.85 bits per heavy atom. The fourth-order valence-corrected chi connectivity index (χ4v) is 2.10. The van der Waals surface area contributed by atoms with Gasteiger partial charge >= 0.3 is 0 Å². The Bertz CT molecular complexity index is 602. The minimum Gasteiger partial charge on any atom is -0.493 e. The van der Waals surface area contributed by atoms with E-state index in [1.807, 2.05) is 13.1 Å². The molecular formula is C15H17FN2O2. The lowest BCUT2D eigenvalue weighted by Gasteiger charge is -2.15. The first kappa shape index (κ1) is 14.3. The van der Waals surface area contributed by atoms with Gasteiger partial charge in [-0.3, -0.25) is 4.98 Å². The summed E-state index contributed by atoms with van der Waals surface area (Å²) in [6.07, 6.45) is 2.77. The van der Waals surface area contributed by atoms with E-state index in [2.05, 4.69) is 10.3 Å². The van der Waals surface area contributed by atoms with E-state index < -0.39 is 0 Å². The van der Waals surface area contributed by atoms with Crippen LogP contribution in [0.5, 0.6) is 11.5 Å². The van der Waals surface area contributed by atoms with Gasteiger partial charge in [-0.05, 0) is 36.4 Å². The summed E-state index contributed by atoms with van der Waals surface area (Å²) in [6.45, 7) is 0.595. The molecule has 20 heavy (non-hydrogen) atoms. The highest BCUT2D eigenvalue weighted by Gasteiger charge is 2.14. The van der Waals surface area contributed by atoms with Gasteiger partial charge in [0.15, 0.2) is 11.5 Å². The Kier molecular flexibility index (Phi) is 4.53. The lowest BCUT2D eigenvalue weighted by atomic mass is 9.99. The number of methoxy groups -OCH3 is 2. The van der Waals surface area contributed by atoms with Gasteiger partial charge in [0.25, 0.3) is 0 Å². The summed E-state index contributed by atoms with van der Waals surface area (Å²) in [5.41, 5.74) is 2.18. The zero-order valence-electron chi connectivity index (χ0n) is 11.7. The van der Waals surface area contributed by atoms with Crippen LogP contribution in [-0.2, 0) is 6.54 Å². The van der Waals surface area contributed by atoms with E-state index in [1.54, 1.807) is 32.5 Å². The molecule has 1 aromatic carbocycles. The number of pyridine rings is 1. The molecule has 1 N–H and O–H groups in total. The summed E-state index contributed by atoms with van der Waals surface area (Å²) in [7, 11) is 4.97. The summed E-state index contributed by atoms with van der Waals surface area (Å²) in [5.74, 6) is 0.826. The number of hydrogen-bond acceptors (Lipinski definition) is 4. The molecule has 0 fully saturated rings.